The van der Waals surface area contributed by atoms with Gasteiger partial charge in [0, 0.05) is 10.6 Å². The minimum absolute atomic E-state index is 0.0619. The van der Waals surface area contributed by atoms with Crippen LogP contribution in [-0.2, 0) is 0 Å². The van der Waals surface area contributed by atoms with Crippen molar-refractivity contribution in [1.82, 2.24) is 0 Å². The average molecular weight is 212 g/mol. The molecule has 1 rings (SSSR count). The topological polar surface area (TPSA) is 43.1 Å². The summed E-state index contributed by atoms with van der Waals surface area (Å²) in [5.41, 5.74) is 7.96. The minimum Gasteiger partial charge on any atom is -0.321 e. The number of benzene rings is 1. The van der Waals surface area contributed by atoms with Crippen LogP contribution >= 0.6 is 11.6 Å². The first-order chi connectivity index (χ1) is 6.43. The summed E-state index contributed by atoms with van der Waals surface area (Å²) in [6, 6.07) is 3.19. The highest BCUT2D eigenvalue weighted by Gasteiger charge is 2.15. The lowest BCUT2D eigenvalue weighted by molar-refractivity contribution is 0.0967. The molecule has 0 radical (unpaired) electrons. The van der Waals surface area contributed by atoms with Crippen molar-refractivity contribution in [1.29, 1.82) is 0 Å². The maximum Gasteiger partial charge on any atom is 0.179 e. The smallest absolute Gasteiger partial charge is 0.179 e. The number of carbonyl (C=O) groups is 1. The van der Waals surface area contributed by atoms with Gasteiger partial charge in [-0.3, -0.25) is 4.79 Å². The van der Waals surface area contributed by atoms with Crippen molar-refractivity contribution in [3.05, 3.63) is 33.8 Å². The Balaban J connectivity index is 3.27. The van der Waals surface area contributed by atoms with Crippen molar-refractivity contribution in [2.45, 2.75) is 26.8 Å². The summed E-state index contributed by atoms with van der Waals surface area (Å²) >= 11 is 5.97. The molecule has 0 saturated heterocycles. The second-order valence-electron chi connectivity index (χ2n) is 3.57. The van der Waals surface area contributed by atoms with Crippen molar-refractivity contribution >= 4 is 17.4 Å². The third-order valence-corrected chi connectivity index (χ3v) is 2.56. The fourth-order valence-corrected chi connectivity index (χ4v) is 1.59. The second-order valence-corrected chi connectivity index (χ2v) is 3.98. The zero-order valence-corrected chi connectivity index (χ0v) is 9.35. The molecule has 2 nitrogen and oxygen atoms in total. The Labute approximate surface area is 89.1 Å². The average Bonchev–Trinajstić information content (AvgIpc) is 2.09. The van der Waals surface area contributed by atoms with Gasteiger partial charge in [-0.15, -0.1) is 0 Å². The molecule has 14 heavy (non-hydrogen) atoms. The van der Waals surface area contributed by atoms with E-state index in [9.17, 15) is 4.79 Å². The van der Waals surface area contributed by atoms with Gasteiger partial charge in [0.25, 0.3) is 0 Å². The van der Waals surface area contributed by atoms with Crippen molar-refractivity contribution < 1.29 is 4.79 Å². The van der Waals surface area contributed by atoms with Crippen molar-refractivity contribution in [2.24, 2.45) is 5.73 Å². The summed E-state index contributed by atoms with van der Waals surface area (Å²) in [7, 11) is 0. The molecule has 1 unspecified atom stereocenters. The highest BCUT2D eigenvalue weighted by atomic mass is 35.5. The van der Waals surface area contributed by atoms with Crippen LogP contribution in [-0.4, -0.2) is 11.8 Å². The number of aryl methyl sites for hydroxylation is 1. The van der Waals surface area contributed by atoms with Gasteiger partial charge in [0.1, 0.15) is 0 Å². The van der Waals surface area contributed by atoms with E-state index in [1.54, 1.807) is 6.92 Å². The summed E-state index contributed by atoms with van der Waals surface area (Å²) in [6.45, 7) is 5.42. The Hall–Kier alpha value is -0.860. The van der Waals surface area contributed by atoms with Crippen LogP contribution in [0.3, 0.4) is 0 Å². The molecular weight excluding hydrogens is 198 g/mol. The van der Waals surface area contributed by atoms with Crippen molar-refractivity contribution in [3.63, 3.8) is 0 Å². The molecule has 0 aliphatic rings. The SMILES string of the molecule is Cc1cc(Cl)c(C)c(C(=O)C(C)N)c1. The molecule has 1 aromatic rings. The Bertz CT molecular complexity index is 372. The molecule has 0 spiro atoms. The molecule has 1 aromatic carbocycles. The van der Waals surface area contributed by atoms with Gasteiger partial charge in [-0.2, -0.15) is 0 Å². The Morgan fingerprint density at radius 3 is 2.50 bits per heavy atom. The summed E-state index contributed by atoms with van der Waals surface area (Å²) in [4.78, 5) is 11.7. The molecule has 0 fully saturated rings. The predicted octanol–water partition coefficient (Wildman–Crippen LogP) is 2.49. The first-order valence-electron chi connectivity index (χ1n) is 4.50. The van der Waals surface area contributed by atoms with Gasteiger partial charge in [0.05, 0.1) is 6.04 Å². The van der Waals surface area contributed by atoms with E-state index in [1.807, 2.05) is 26.0 Å². The van der Waals surface area contributed by atoms with Gasteiger partial charge in [0.15, 0.2) is 5.78 Å². The molecule has 1 atom stereocenters. The third kappa shape index (κ3) is 2.14. The maximum atomic E-state index is 11.7. The lowest BCUT2D eigenvalue weighted by Gasteiger charge is -2.10. The Morgan fingerprint density at radius 2 is 2.00 bits per heavy atom. The number of Topliss-reactive ketones (excluding diaryl/α,β-unsaturated/α-hetero) is 1. The van der Waals surface area contributed by atoms with Crippen LogP contribution in [0.4, 0.5) is 0 Å². The number of hydrogen-bond acceptors (Lipinski definition) is 2. The van der Waals surface area contributed by atoms with Gasteiger partial charge in [-0.25, -0.2) is 0 Å². The number of hydrogen-bond donors (Lipinski definition) is 1. The third-order valence-electron chi connectivity index (χ3n) is 2.17. The van der Waals surface area contributed by atoms with Crippen LogP contribution in [0.25, 0.3) is 0 Å². The van der Waals surface area contributed by atoms with Gasteiger partial charge < -0.3 is 5.73 Å². The molecule has 0 aliphatic heterocycles. The molecule has 76 valence electrons. The summed E-state index contributed by atoms with van der Waals surface area (Å²) in [5.74, 6) is -0.0619. The van der Waals surface area contributed by atoms with Gasteiger partial charge in [0.2, 0.25) is 0 Å². The number of ketones is 1. The van der Waals surface area contributed by atoms with Crippen LogP contribution in [0, 0.1) is 13.8 Å². The van der Waals surface area contributed by atoms with Crippen LogP contribution < -0.4 is 5.73 Å². The Morgan fingerprint density at radius 1 is 1.43 bits per heavy atom. The van der Waals surface area contributed by atoms with Crippen LogP contribution in [0.5, 0.6) is 0 Å². The van der Waals surface area contributed by atoms with Crippen molar-refractivity contribution in [3.8, 4) is 0 Å². The number of nitrogens with two attached hydrogens (primary N) is 1. The van der Waals surface area contributed by atoms with Crippen LogP contribution in [0.1, 0.15) is 28.4 Å². The quantitative estimate of drug-likeness (QED) is 0.764. The van der Waals surface area contributed by atoms with Gasteiger partial charge in [-0.1, -0.05) is 11.6 Å². The van der Waals surface area contributed by atoms with E-state index in [0.29, 0.717) is 10.6 Å². The molecule has 0 saturated carbocycles. The molecule has 0 amide bonds. The minimum atomic E-state index is -0.480. The molecule has 0 aliphatic carbocycles. The zero-order chi connectivity index (χ0) is 10.9. The molecule has 3 heteroatoms. The van der Waals surface area contributed by atoms with E-state index in [4.69, 9.17) is 17.3 Å². The molecule has 0 bridgehead atoms. The number of carbonyl (C=O) groups excluding carboxylic acids is 1. The molecule has 2 N–H and O–H groups in total. The van der Waals surface area contributed by atoms with E-state index >= 15 is 0 Å². The van der Waals surface area contributed by atoms with E-state index in [0.717, 1.165) is 11.1 Å². The standard InChI is InChI=1S/C11H14ClNO/c1-6-4-9(11(14)8(3)13)7(2)10(12)5-6/h4-5,8H,13H2,1-3H3. The highest BCUT2D eigenvalue weighted by Crippen LogP contribution is 2.22. The highest BCUT2D eigenvalue weighted by molar-refractivity contribution is 6.32. The van der Waals surface area contributed by atoms with Crippen LogP contribution in [0.2, 0.25) is 5.02 Å². The zero-order valence-electron chi connectivity index (χ0n) is 8.60. The fraction of sp³-hybridized carbons (Fsp3) is 0.364. The van der Waals surface area contributed by atoms with E-state index < -0.39 is 6.04 Å². The van der Waals surface area contributed by atoms with Crippen LogP contribution in [0.15, 0.2) is 12.1 Å². The molecule has 0 aromatic heterocycles. The van der Waals surface area contributed by atoms with E-state index in [1.165, 1.54) is 0 Å². The summed E-state index contributed by atoms with van der Waals surface area (Å²) < 4.78 is 0. The Kier molecular flexibility index (Phi) is 3.29. The first kappa shape index (κ1) is 11.2. The lowest BCUT2D eigenvalue weighted by atomic mass is 9.99. The van der Waals surface area contributed by atoms with Gasteiger partial charge >= 0.3 is 0 Å². The second kappa shape index (κ2) is 4.11. The van der Waals surface area contributed by atoms with E-state index in [2.05, 4.69) is 0 Å². The first-order valence-corrected chi connectivity index (χ1v) is 4.88. The summed E-state index contributed by atoms with van der Waals surface area (Å²) in [5, 5.41) is 0.619. The predicted molar refractivity (Wildman–Crippen MR) is 58.9 cm³/mol. The fourth-order valence-electron chi connectivity index (χ4n) is 1.32. The molecule has 0 heterocycles. The normalized spacial score (nSPS) is 12.6. The monoisotopic (exact) mass is 211 g/mol. The van der Waals surface area contributed by atoms with Crippen molar-refractivity contribution in [2.75, 3.05) is 0 Å². The maximum absolute atomic E-state index is 11.7. The number of rotatable bonds is 2. The molecular formula is C11H14ClNO. The van der Waals surface area contributed by atoms with E-state index in [-0.39, 0.29) is 5.78 Å². The lowest BCUT2D eigenvalue weighted by Crippen LogP contribution is -2.27. The largest absolute Gasteiger partial charge is 0.321 e. The summed E-state index contributed by atoms with van der Waals surface area (Å²) in [6.07, 6.45) is 0. The number of halogens is 1. The van der Waals surface area contributed by atoms with Gasteiger partial charge in [-0.05, 0) is 44.0 Å².